The first-order valence-corrected chi connectivity index (χ1v) is 11.3. The van der Waals surface area contributed by atoms with Crippen LogP contribution in [0.5, 0.6) is 5.75 Å². The number of nitrogens with one attached hydrogen (secondary N) is 1. The van der Waals surface area contributed by atoms with Gasteiger partial charge in [-0.25, -0.2) is 0 Å². The van der Waals surface area contributed by atoms with Gasteiger partial charge in [-0.15, -0.1) is 0 Å². The van der Waals surface area contributed by atoms with Crippen LogP contribution in [0.3, 0.4) is 0 Å². The fourth-order valence-corrected chi connectivity index (χ4v) is 6.18. The van der Waals surface area contributed by atoms with E-state index in [2.05, 4.69) is 11.4 Å². The van der Waals surface area contributed by atoms with Crippen LogP contribution < -0.4 is 10.1 Å². The van der Waals surface area contributed by atoms with Crippen LogP contribution >= 0.6 is 0 Å². The summed E-state index contributed by atoms with van der Waals surface area (Å²) < 4.78 is 11.9. The summed E-state index contributed by atoms with van der Waals surface area (Å²) in [6, 6.07) is 6.44. The molecule has 6 rings (SSSR count). The van der Waals surface area contributed by atoms with E-state index in [1.54, 1.807) is 0 Å². The number of hydrogen-bond acceptors (Lipinski definition) is 4. The van der Waals surface area contributed by atoms with Gasteiger partial charge in [-0.3, -0.25) is 9.59 Å². The van der Waals surface area contributed by atoms with Gasteiger partial charge in [0.2, 0.25) is 11.8 Å². The van der Waals surface area contributed by atoms with Crippen LogP contribution in [0.25, 0.3) is 0 Å². The zero-order chi connectivity index (χ0) is 20.3. The highest BCUT2D eigenvalue weighted by Crippen LogP contribution is 2.53. The van der Waals surface area contributed by atoms with Crippen molar-refractivity contribution in [3.8, 4) is 5.75 Å². The Kier molecular flexibility index (Phi) is 4.20. The van der Waals surface area contributed by atoms with Crippen molar-refractivity contribution < 1.29 is 19.1 Å². The molecule has 4 atom stereocenters. The van der Waals surface area contributed by atoms with Crippen molar-refractivity contribution in [3.05, 3.63) is 41.5 Å². The maximum Gasteiger partial charge on any atom is 0.230 e. The van der Waals surface area contributed by atoms with Gasteiger partial charge in [0.1, 0.15) is 11.4 Å². The minimum Gasteiger partial charge on any atom is -0.493 e. The van der Waals surface area contributed by atoms with Crippen molar-refractivity contribution in [3.63, 3.8) is 0 Å². The van der Waals surface area contributed by atoms with Gasteiger partial charge >= 0.3 is 0 Å². The normalized spacial score (nSPS) is 34.2. The molecular formula is C24H28N2O4. The molecule has 0 radical (unpaired) electrons. The lowest BCUT2D eigenvalue weighted by atomic mass is 9.77. The molecule has 0 aromatic heterocycles. The number of hydrogen-bond donors (Lipinski definition) is 1. The molecule has 6 heteroatoms. The third-order valence-electron chi connectivity index (χ3n) is 7.64. The summed E-state index contributed by atoms with van der Waals surface area (Å²) in [4.78, 5) is 28.5. The Morgan fingerprint density at radius 3 is 2.97 bits per heavy atom. The second-order valence-electron chi connectivity index (χ2n) is 9.42. The van der Waals surface area contributed by atoms with Gasteiger partial charge in [-0.1, -0.05) is 37.1 Å². The van der Waals surface area contributed by atoms with E-state index in [9.17, 15) is 9.59 Å². The number of carbonyl (C=O) groups excluding carboxylic acids is 2. The molecule has 3 fully saturated rings. The lowest BCUT2D eigenvalue weighted by Gasteiger charge is -2.27. The highest BCUT2D eigenvalue weighted by Gasteiger charge is 2.67. The first-order chi connectivity index (χ1) is 14.6. The number of amides is 2. The summed E-state index contributed by atoms with van der Waals surface area (Å²) in [7, 11) is 0. The van der Waals surface area contributed by atoms with E-state index < -0.39 is 11.5 Å². The molecule has 5 aliphatic rings. The quantitative estimate of drug-likeness (QED) is 0.777. The van der Waals surface area contributed by atoms with Crippen molar-refractivity contribution in [1.29, 1.82) is 0 Å². The van der Waals surface area contributed by atoms with E-state index in [1.165, 1.54) is 18.4 Å². The molecule has 1 saturated carbocycles. The molecule has 2 bridgehead atoms. The molecular weight excluding hydrogens is 380 g/mol. The lowest BCUT2D eigenvalue weighted by molar-refractivity contribution is -0.138. The molecule has 0 unspecified atom stereocenters. The topological polar surface area (TPSA) is 67.9 Å². The summed E-state index contributed by atoms with van der Waals surface area (Å²) in [6.45, 7) is 1.83. The SMILES string of the molecule is O=C(NCc1ccc2c(c1)CCCO2)[C@@H]1[C@H]2C=C[C@@]3(CN(C4CCCC4)C(=O)[C@@H]13)O2. The van der Waals surface area contributed by atoms with Crippen LogP contribution in [-0.4, -0.2) is 47.6 Å². The summed E-state index contributed by atoms with van der Waals surface area (Å²) in [6.07, 6.45) is 10.3. The Morgan fingerprint density at radius 2 is 2.10 bits per heavy atom. The van der Waals surface area contributed by atoms with E-state index in [0.717, 1.165) is 43.6 Å². The smallest absolute Gasteiger partial charge is 0.230 e. The van der Waals surface area contributed by atoms with Gasteiger partial charge in [0, 0.05) is 12.6 Å². The van der Waals surface area contributed by atoms with E-state index in [1.807, 2.05) is 29.2 Å². The molecule has 1 aromatic rings. The largest absolute Gasteiger partial charge is 0.493 e. The van der Waals surface area contributed by atoms with Gasteiger partial charge in [0.05, 0.1) is 31.1 Å². The molecule has 2 amide bonds. The van der Waals surface area contributed by atoms with E-state index >= 15 is 0 Å². The Labute approximate surface area is 176 Å². The lowest BCUT2D eigenvalue weighted by Crippen LogP contribution is -2.44. The first kappa shape index (κ1) is 18.4. The average molecular weight is 408 g/mol. The van der Waals surface area contributed by atoms with Crippen molar-refractivity contribution in [2.75, 3.05) is 13.2 Å². The van der Waals surface area contributed by atoms with E-state index in [-0.39, 0.29) is 23.8 Å². The van der Waals surface area contributed by atoms with Gasteiger partial charge in [-0.2, -0.15) is 0 Å². The van der Waals surface area contributed by atoms with E-state index in [0.29, 0.717) is 19.1 Å². The zero-order valence-electron chi connectivity index (χ0n) is 17.1. The van der Waals surface area contributed by atoms with Gasteiger partial charge in [-0.05, 0) is 42.9 Å². The van der Waals surface area contributed by atoms with Crippen molar-refractivity contribution in [2.45, 2.75) is 62.8 Å². The van der Waals surface area contributed by atoms with Crippen LogP contribution in [0.1, 0.15) is 43.2 Å². The Hall–Kier alpha value is -2.34. The molecule has 4 aliphatic heterocycles. The number of carbonyl (C=O) groups is 2. The minimum atomic E-state index is -0.602. The molecule has 1 aromatic carbocycles. The van der Waals surface area contributed by atoms with Crippen molar-refractivity contribution >= 4 is 11.8 Å². The third kappa shape index (κ3) is 2.73. The summed E-state index contributed by atoms with van der Waals surface area (Å²) >= 11 is 0. The second kappa shape index (κ2) is 6.84. The number of nitrogens with zero attached hydrogens (tertiary/aromatic N) is 1. The van der Waals surface area contributed by atoms with Crippen LogP contribution in [-0.2, 0) is 27.3 Å². The monoisotopic (exact) mass is 408 g/mol. The van der Waals surface area contributed by atoms with Gasteiger partial charge in [0.25, 0.3) is 0 Å². The molecule has 1 spiro atoms. The van der Waals surface area contributed by atoms with Gasteiger partial charge < -0.3 is 19.7 Å². The zero-order valence-corrected chi connectivity index (χ0v) is 17.1. The number of aryl methyl sites for hydroxylation is 1. The third-order valence-corrected chi connectivity index (χ3v) is 7.64. The Balaban J connectivity index is 1.18. The minimum absolute atomic E-state index is 0.0770. The maximum atomic E-state index is 13.3. The predicted octanol–water partition coefficient (Wildman–Crippen LogP) is 2.35. The number of likely N-dealkylation sites (tertiary alicyclic amines) is 1. The summed E-state index contributed by atoms with van der Waals surface area (Å²) in [5.74, 6) is 0.167. The molecule has 158 valence electrons. The van der Waals surface area contributed by atoms with Crippen molar-refractivity contribution in [2.24, 2.45) is 11.8 Å². The number of fused-ring (bicyclic) bond motifs is 2. The molecule has 6 nitrogen and oxygen atoms in total. The van der Waals surface area contributed by atoms with Crippen LogP contribution in [0.2, 0.25) is 0 Å². The second-order valence-corrected chi connectivity index (χ2v) is 9.42. The van der Waals surface area contributed by atoms with Gasteiger partial charge in [0.15, 0.2) is 0 Å². The van der Waals surface area contributed by atoms with E-state index in [4.69, 9.17) is 9.47 Å². The van der Waals surface area contributed by atoms with Crippen LogP contribution in [0, 0.1) is 11.8 Å². The first-order valence-electron chi connectivity index (χ1n) is 11.3. The molecule has 1 N–H and O–H groups in total. The number of ether oxygens (including phenoxy) is 2. The standard InChI is InChI=1S/C24H28N2O4/c27-22(25-13-15-7-8-18-16(12-15)4-3-11-29-18)20-19-9-10-24(30-19)14-26(23(28)21(20)24)17-5-1-2-6-17/h7-10,12,17,19-21H,1-6,11,13-14H2,(H,25,27)/t19-,20-,21-,24+/m1/s1. The highest BCUT2D eigenvalue weighted by molar-refractivity contribution is 5.93. The fourth-order valence-electron chi connectivity index (χ4n) is 6.18. The average Bonchev–Trinajstić information content (AvgIpc) is 3.54. The molecule has 30 heavy (non-hydrogen) atoms. The summed E-state index contributed by atoms with van der Waals surface area (Å²) in [5, 5.41) is 3.08. The maximum absolute atomic E-state index is 13.3. The predicted molar refractivity (Wildman–Crippen MR) is 110 cm³/mol. The molecule has 2 saturated heterocycles. The Morgan fingerprint density at radius 1 is 1.23 bits per heavy atom. The molecule has 4 heterocycles. The summed E-state index contributed by atoms with van der Waals surface area (Å²) in [5.41, 5.74) is 1.67. The van der Waals surface area contributed by atoms with Crippen molar-refractivity contribution in [1.82, 2.24) is 10.2 Å². The molecule has 1 aliphatic carbocycles. The number of rotatable bonds is 4. The van der Waals surface area contributed by atoms with Crippen LogP contribution in [0.15, 0.2) is 30.4 Å². The highest BCUT2D eigenvalue weighted by atomic mass is 16.5. The Bertz CT molecular complexity index is 922. The number of benzene rings is 1. The van der Waals surface area contributed by atoms with Crippen LogP contribution in [0.4, 0.5) is 0 Å². The fraction of sp³-hybridized carbons (Fsp3) is 0.583.